The molecule has 1 aliphatic rings. The van der Waals surface area contributed by atoms with Crippen molar-refractivity contribution in [1.82, 2.24) is 4.90 Å². The summed E-state index contributed by atoms with van der Waals surface area (Å²) in [6, 6.07) is 19.3. The summed E-state index contributed by atoms with van der Waals surface area (Å²) in [5, 5.41) is 9.42. The molecule has 126 valence electrons. The van der Waals surface area contributed by atoms with Crippen molar-refractivity contribution < 1.29 is 9.90 Å². The van der Waals surface area contributed by atoms with Crippen molar-refractivity contribution in [2.45, 2.75) is 32.2 Å². The smallest absolute Gasteiger partial charge is 0.307 e. The van der Waals surface area contributed by atoms with E-state index in [0.29, 0.717) is 6.54 Å². The van der Waals surface area contributed by atoms with E-state index in [0.717, 1.165) is 25.8 Å². The molecule has 3 heteroatoms. The third-order valence-corrected chi connectivity index (χ3v) is 4.99. The molecular weight excluding hydrogens is 298 g/mol. The van der Waals surface area contributed by atoms with E-state index in [2.05, 4.69) is 60.4 Å². The Morgan fingerprint density at radius 3 is 2.42 bits per heavy atom. The van der Waals surface area contributed by atoms with Crippen molar-refractivity contribution in [2.75, 3.05) is 13.1 Å². The number of carboxylic acids is 1. The molecule has 0 bridgehead atoms. The standard InChI is InChI=1S/C21H25NO2/c1-2-16-10-12-18(13-11-16)20(17-7-4-3-5-8-17)22-14-6-9-19(15-22)21(23)24/h3-5,7-8,10-13,19-20H,2,6,9,14-15H2,1H3,(H,23,24). The molecule has 0 saturated carbocycles. The van der Waals surface area contributed by atoms with E-state index < -0.39 is 5.97 Å². The first-order valence-corrected chi connectivity index (χ1v) is 8.79. The van der Waals surface area contributed by atoms with E-state index in [9.17, 15) is 9.90 Å². The zero-order valence-corrected chi connectivity index (χ0v) is 14.2. The second kappa shape index (κ2) is 7.63. The van der Waals surface area contributed by atoms with E-state index in [1.54, 1.807) is 0 Å². The highest BCUT2D eigenvalue weighted by Gasteiger charge is 2.31. The molecule has 0 aromatic heterocycles. The molecule has 1 aliphatic heterocycles. The molecule has 24 heavy (non-hydrogen) atoms. The van der Waals surface area contributed by atoms with Crippen molar-refractivity contribution in [3.63, 3.8) is 0 Å². The zero-order valence-electron chi connectivity index (χ0n) is 14.2. The van der Waals surface area contributed by atoms with E-state index in [4.69, 9.17) is 0 Å². The van der Waals surface area contributed by atoms with Gasteiger partial charge in [0, 0.05) is 6.54 Å². The Bertz CT molecular complexity index is 666. The zero-order chi connectivity index (χ0) is 16.9. The summed E-state index contributed by atoms with van der Waals surface area (Å²) in [4.78, 5) is 13.8. The summed E-state index contributed by atoms with van der Waals surface area (Å²) in [7, 11) is 0. The van der Waals surface area contributed by atoms with E-state index in [1.165, 1.54) is 16.7 Å². The number of carbonyl (C=O) groups is 1. The van der Waals surface area contributed by atoms with Crippen LogP contribution in [0.15, 0.2) is 54.6 Å². The molecule has 2 aromatic rings. The van der Waals surface area contributed by atoms with Gasteiger partial charge in [-0.15, -0.1) is 0 Å². The maximum absolute atomic E-state index is 11.5. The Labute approximate surface area is 143 Å². The molecule has 1 heterocycles. The van der Waals surface area contributed by atoms with Crippen LogP contribution in [0.4, 0.5) is 0 Å². The maximum Gasteiger partial charge on any atom is 0.307 e. The second-order valence-electron chi connectivity index (χ2n) is 6.58. The van der Waals surface area contributed by atoms with Gasteiger partial charge in [0.2, 0.25) is 0 Å². The van der Waals surface area contributed by atoms with E-state index in [1.807, 2.05) is 6.07 Å². The van der Waals surface area contributed by atoms with Crippen molar-refractivity contribution in [3.05, 3.63) is 71.3 Å². The first-order valence-electron chi connectivity index (χ1n) is 8.79. The van der Waals surface area contributed by atoms with Crippen LogP contribution in [0.3, 0.4) is 0 Å². The van der Waals surface area contributed by atoms with Crippen molar-refractivity contribution in [3.8, 4) is 0 Å². The van der Waals surface area contributed by atoms with Gasteiger partial charge in [0.05, 0.1) is 12.0 Å². The number of aliphatic carboxylic acids is 1. The second-order valence-corrected chi connectivity index (χ2v) is 6.58. The topological polar surface area (TPSA) is 40.5 Å². The van der Waals surface area contributed by atoms with Gasteiger partial charge in [-0.2, -0.15) is 0 Å². The van der Waals surface area contributed by atoms with Crippen LogP contribution in [0, 0.1) is 5.92 Å². The number of piperidine rings is 1. The van der Waals surface area contributed by atoms with E-state index in [-0.39, 0.29) is 12.0 Å². The predicted molar refractivity (Wildman–Crippen MR) is 96.0 cm³/mol. The minimum absolute atomic E-state index is 0.124. The number of nitrogens with zero attached hydrogens (tertiary/aromatic N) is 1. The number of rotatable bonds is 5. The van der Waals surface area contributed by atoms with Crippen LogP contribution in [-0.4, -0.2) is 29.1 Å². The van der Waals surface area contributed by atoms with Crippen molar-refractivity contribution in [1.29, 1.82) is 0 Å². The van der Waals surface area contributed by atoms with Crippen LogP contribution < -0.4 is 0 Å². The van der Waals surface area contributed by atoms with Crippen LogP contribution in [-0.2, 0) is 11.2 Å². The molecule has 1 fully saturated rings. The Balaban J connectivity index is 1.94. The molecule has 3 nitrogen and oxygen atoms in total. The van der Waals surface area contributed by atoms with Crippen LogP contribution in [0.2, 0.25) is 0 Å². The average Bonchev–Trinajstić information content (AvgIpc) is 2.64. The highest BCUT2D eigenvalue weighted by molar-refractivity contribution is 5.70. The Hall–Kier alpha value is -2.13. The largest absolute Gasteiger partial charge is 0.481 e. The molecule has 0 spiro atoms. The molecule has 0 radical (unpaired) electrons. The lowest BCUT2D eigenvalue weighted by molar-refractivity contribution is -0.143. The van der Waals surface area contributed by atoms with Gasteiger partial charge in [-0.25, -0.2) is 0 Å². The lowest BCUT2D eigenvalue weighted by Crippen LogP contribution is -2.41. The fourth-order valence-electron chi connectivity index (χ4n) is 3.63. The number of hydrogen-bond acceptors (Lipinski definition) is 2. The molecule has 1 saturated heterocycles. The summed E-state index contributed by atoms with van der Waals surface area (Å²) in [6.07, 6.45) is 2.75. The first kappa shape index (κ1) is 16.7. The summed E-state index contributed by atoms with van der Waals surface area (Å²) in [6.45, 7) is 3.72. The Morgan fingerprint density at radius 2 is 1.79 bits per heavy atom. The van der Waals surface area contributed by atoms with Gasteiger partial charge >= 0.3 is 5.97 Å². The Kier molecular flexibility index (Phi) is 5.31. The van der Waals surface area contributed by atoms with Crippen molar-refractivity contribution in [2.24, 2.45) is 5.92 Å². The van der Waals surface area contributed by atoms with Crippen LogP contribution in [0.5, 0.6) is 0 Å². The first-order chi connectivity index (χ1) is 11.7. The van der Waals surface area contributed by atoms with Gasteiger partial charge in [0.25, 0.3) is 0 Å². The number of hydrogen-bond donors (Lipinski definition) is 1. The van der Waals surface area contributed by atoms with Crippen LogP contribution in [0.25, 0.3) is 0 Å². The van der Waals surface area contributed by atoms with Crippen LogP contribution >= 0.6 is 0 Å². The molecule has 2 atom stereocenters. The molecule has 3 rings (SSSR count). The van der Waals surface area contributed by atoms with Gasteiger partial charge in [-0.1, -0.05) is 61.5 Å². The summed E-state index contributed by atoms with van der Waals surface area (Å²) >= 11 is 0. The minimum Gasteiger partial charge on any atom is -0.481 e. The number of aryl methyl sites for hydroxylation is 1. The number of likely N-dealkylation sites (tertiary alicyclic amines) is 1. The van der Waals surface area contributed by atoms with E-state index >= 15 is 0 Å². The number of benzene rings is 2. The molecule has 2 aromatic carbocycles. The van der Waals surface area contributed by atoms with Gasteiger partial charge in [0.15, 0.2) is 0 Å². The van der Waals surface area contributed by atoms with Gasteiger partial charge in [0.1, 0.15) is 0 Å². The highest BCUT2D eigenvalue weighted by atomic mass is 16.4. The molecule has 0 aliphatic carbocycles. The normalized spacial score (nSPS) is 19.8. The minimum atomic E-state index is -0.673. The third kappa shape index (κ3) is 3.68. The summed E-state index contributed by atoms with van der Waals surface area (Å²) in [5.41, 5.74) is 3.80. The van der Waals surface area contributed by atoms with Gasteiger partial charge in [-0.05, 0) is 42.5 Å². The summed E-state index contributed by atoms with van der Waals surface area (Å²) in [5.74, 6) is -0.937. The maximum atomic E-state index is 11.5. The number of carboxylic acid groups (broad SMARTS) is 1. The molecule has 2 unspecified atom stereocenters. The average molecular weight is 323 g/mol. The third-order valence-electron chi connectivity index (χ3n) is 4.99. The summed E-state index contributed by atoms with van der Waals surface area (Å²) < 4.78 is 0. The predicted octanol–water partition coefficient (Wildman–Crippen LogP) is 4.14. The quantitative estimate of drug-likeness (QED) is 0.899. The molecule has 0 amide bonds. The lowest BCUT2D eigenvalue weighted by atomic mass is 9.91. The fourth-order valence-corrected chi connectivity index (χ4v) is 3.63. The highest BCUT2D eigenvalue weighted by Crippen LogP contribution is 2.32. The van der Waals surface area contributed by atoms with Gasteiger partial charge in [-0.3, -0.25) is 9.69 Å². The van der Waals surface area contributed by atoms with Crippen molar-refractivity contribution >= 4 is 5.97 Å². The Morgan fingerprint density at radius 1 is 1.12 bits per heavy atom. The van der Waals surface area contributed by atoms with Gasteiger partial charge < -0.3 is 5.11 Å². The lowest BCUT2D eigenvalue weighted by Gasteiger charge is -2.37. The molecular formula is C21H25NO2. The fraction of sp³-hybridized carbons (Fsp3) is 0.381. The monoisotopic (exact) mass is 323 g/mol. The van der Waals surface area contributed by atoms with Crippen LogP contribution in [0.1, 0.15) is 42.5 Å². The molecule has 1 N–H and O–H groups in total. The SMILES string of the molecule is CCc1ccc(C(c2ccccc2)N2CCCC(C(=O)O)C2)cc1.